The molecule has 4 nitrogen and oxygen atoms in total. The van der Waals surface area contributed by atoms with Gasteiger partial charge in [-0.05, 0) is 55.1 Å². The molecule has 23 heavy (non-hydrogen) atoms. The van der Waals surface area contributed by atoms with Crippen molar-refractivity contribution < 1.29 is 9.90 Å². The van der Waals surface area contributed by atoms with Gasteiger partial charge in [-0.1, -0.05) is 24.3 Å². The Bertz CT molecular complexity index is 595. The van der Waals surface area contributed by atoms with Crippen LogP contribution in [0.5, 0.6) is 0 Å². The summed E-state index contributed by atoms with van der Waals surface area (Å²) in [6.45, 7) is 2.60. The van der Waals surface area contributed by atoms with Crippen LogP contribution in [0.2, 0.25) is 0 Å². The van der Waals surface area contributed by atoms with Crippen LogP contribution in [0, 0.1) is 11.8 Å². The number of nitrogens with one attached hydrogen (secondary N) is 1. The molecule has 0 bridgehead atoms. The average molecular weight is 314 g/mol. The Morgan fingerprint density at radius 1 is 1.30 bits per heavy atom. The second kappa shape index (κ2) is 5.82. The molecule has 0 aromatic heterocycles. The van der Waals surface area contributed by atoms with E-state index in [0.717, 1.165) is 32.5 Å². The highest BCUT2D eigenvalue weighted by molar-refractivity contribution is 5.74. The number of aliphatic hydroxyl groups is 1. The number of amides is 2. The van der Waals surface area contributed by atoms with Crippen molar-refractivity contribution in [1.82, 2.24) is 10.2 Å². The molecule has 2 N–H and O–H groups in total. The summed E-state index contributed by atoms with van der Waals surface area (Å²) in [4.78, 5) is 14.2. The number of nitrogens with zero attached hydrogens (tertiary/aromatic N) is 1. The Hall–Kier alpha value is -1.55. The number of aryl methyl sites for hydroxylation is 1. The van der Waals surface area contributed by atoms with E-state index < -0.39 is 0 Å². The zero-order chi connectivity index (χ0) is 15.9. The van der Waals surface area contributed by atoms with E-state index in [-0.39, 0.29) is 12.6 Å². The minimum absolute atomic E-state index is 0.0784. The van der Waals surface area contributed by atoms with Gasteiger partial charge >= 0.3 is 6.03 Å². The summed E-state index contributed by atoms with van der Waals surface area (Å²) in [6, 6.07) is 8.89. The summed E-state index contributed by atoms with van der Waals surface area (Å²) in [6.07, 6.45) is 5.50. The predicted octanol–water partition coefficient (Wildman–Crippen LogP) is 2.30. The number of hydrogen-bond donors (Lipinski definition) is 2. The van der Waals surface area contributed by atoms with Gasteiger partial charge in [0.25, 0.3) is 0 Å². The van der Waals surface area contributed by atoms with Crippen molar-refractivity contribution in [3.05, 3.63) is 35.4 Å². The predicted molar refractivity (Wildman–Crippen MR) is 89.3 cm³/mol. The molecular formula is C19H26N2O2. The Morgan fingerprint density at radius 2 is 2.09 bits per heavy atom. The second-order valence-electron chi connectivity index (χ2n) is 7.51. The molecule has 4 rings (SSSR count). The maximum Gasteiger partial charge on any atom is 0.317 e. The largest absolute Gasteiger partial charge is 0.396 e. The van der Waals surface area contributed by atoms with E-state index in [0.29, 0.717) is 17.3 Å². The number of rotatable bonds is 3. The Labute approximate surface area is 137 Å². The smallest absolute Gasteiger partial charge is 0.317 e. The standard InChI is InChI=1S/C19H26N2O2/c22-13-14-6-9-21(10-7-14)18(23)20-12-16-11-19(16)8-5-15-3-1-2-4-17(15)19/h1-4,14,16,22H,5-13H2,(H,20,23)/t16-,19-/m1/s1. The van der Waals surface area contributed by atoms with Gasteiger partial charge in [-0.25, -0.2) is 4.79 Å². The zero-order valence-corrected chi connectivity index (χ0v) is 13.6. The molecule has 0 radical (unpaired) electrons. The lowest BCUT2D eigenvalue weighted by Gasteiger charge is -2.31. The van der Waals surface area contributed by atoms with Crippen LogP contribution >= 0.6 is 0 Å². The highest BCUT2D eigenvalue weighted by atomic mass is 16.3. The fourth-order valence-electron chi connectivity index (χ4n) is 4.64. The lowest BCUT2D eigenvalue weighted by molar-refractivity contribution is 0.137. The van der Waals surface area contributed by atoms with Crippen LogP contribution in [-0.2, 0) is 11.8 Å². The SMILES string of the molecule is O=C(NC[C@H]1C[C@]12CCc1ccccc12)N1CCC(CO)CC1. The van der Waals surface area contributed by atoms with Crippen molar-refractivity contribution in [1.29, 1.82) is 0 Å². The molecule has 0 unspecified atom stereocenters. The van der Waals surface area contributed by atoms with Crippen molar-refractivity contribution in [2.24, 2.45) is 11.8 Å². The van der Waals surface area contributed by atoms with Crippen molar-refractivity contribution in [3.63, 3.8) is 0 Å². The van der Waals surface area contributed by atoms with Gasteiger partial charge in [0, 0.05) is 31.7 Å². The highest BCUT2D eigenvalue weighted by Crippen LogP contribution is 2.61. The van der Waals surface area contributed by atoms with Crippen LogP contribution in [0.25, 0.3) is 0 Å². The number of piperidine rings is 1. The van der Waals surface area contributed by atoms with Crippen molar-refractivity contribution in [3.8, 4) is 0 Å². The van der Waals surface area contributed by atoms with Gasteiger partial charge in [0.05, 0.1) is 0 Å². The highest BCUT2D eigenvalue weighted by Gasteiger charge is 2.57. The summed E-state index contributed by atoms with van der Waals surface area (Å²) in [5.41, 5.74) is 3.39. The number of urea groups is 1. The third-order valence-electron chi connectivity index (χ3n) is 6.29. The van der Waals surface area contributed by atoms with E-state index in [4.69, 9.17) is 0 Å². The Kier molecular flexibility index (Phi) is 3.80. The third-order valence-corrected chi connectivity index (χ3v) is 6.29. The fraction of sp³-hybridized carbons (Fsp3) is 0.632. The molecule has 1 heterocycles. The first-order chi connectivity index (χ1) is 11.2. The second-order valence-corrected chi connectivity index (χ2v) is 7.51. The van der Waals surface area contributed by atoms with Crippen LogP contribution in [0.3, 0.4) is 0 Å². The number of hydrogen-bond acceptors (Lipinski definition) is 2. The molecule has 1 aliphatic heterocycles. The number of aliphatic hydroxyl groups excluding tert-OH is 1. The first kappa shape index (κ1) is 15.0. The molecule has 2 fully saturated rings. The lowest BCUT2D eigenvalue weighted by Crippen LogP contribution is -2.45. The molecule has 1 saturated heterocycles. The quantitative estimate of drug-likeness (QED) is 0.899. The molecule has 1 aromatic rings. The summed E-state index contributed by atoms with van der Waals surface area (Å²) in [5, 5.41) is 12.3. The minimum atomic E-state index is 0.0784. The van der Waals surface area contributed by atoms with Crippen molar-refractivity contribution in [2.45, 2.75) is 37.5 Å². The molecular weight excluding hydrogens is 288 g/mol. The maximum atomic E-state index is 12.3. The minimum Gasteiger partial charge on any atom is -0.396 e. The first-order valence-electron chi connectivity index (χ1n) is 8.95. The summed E-state index contributed by atoms with van der Waals surface area (Å²) >= 11 is 0. The Morgan fingerprint density at radius 3 is 2.87 bits per heavy atom. The Balaban J connectivity index is 1.29. The van der Waals surface area contributed by atoms with Crippen LogP contribution in [0.4, 0.5) is 4.79 Å². The molecule has 2 amide bonds. The van der Waals surface area contributed by atoms with E-state index >= 15 is 0 Å². The molecule has 124 valence electrons. The van der Waals surface area contributed by atoms with Gasteiger partial charge in [-0.15, -0.1) is 0 Å². The third kappa shape index (κ3) is 2.63. The molecule has 1 aromatic carbocycles. The van der Waals surface area contributed by atoms with Gasteiger partial charge < -0.3 is 15.3 Å². The van der Waals surface area contributed by atoms with E-state index in [2.05, 4.69) is 29.6 Å². The molecule has 4 heteroatoms. The average Bonchev–Trinajstić information content (AvgIpc) is 3.19. The number of carbonyl (C=O) groups is 1. The van der Waals surface area contributed by atoms with Gasteiger partial charge in [0.2, 0.25) is 0 Å². The molecule has 2 atom stereocenters. The molecule has 2 aliphatic carbocycles. The van der Waals surface area contributed by atoms with Crippen molar-refractivity contribution in [2.75, 3.05) is 26.2 Å². The topological polar surface area (TPSA) is 52.6 Å². The van der Waals surface area contributed by atoms with E-state index in [1.807, 2.05) is 4.90 Å². The maximum absolute atomic E-state index is 12.3. The summed E-state index contributed by atoms with van der Waals surface area (Å²) < 4.78 is 0. The molecule has 1 spiro atoms. The van der Waals surface area contributed by atoms with Crippen LogP contribution in [0.15, 0.2) is 24.3 Å². The van der Waals surface area contributed by atoms with E-state index in [1.54, 1.807) is 0 Å². The first-order valence-corrected chi connectivity index (χ1v) is 8.95. The number of carbonyl (C=O) groups excluding carboxylic acids is 1. The lowest BCUT2D eigenvalue weighted by atomic mass is 9.95. The van der Waals surface area contributed by atoms with E-state index in [1.165, 1.54) is 30.4 Å². The zero-order valence-electron chi connectivity index (χ0n) is 13.6. The summed E-state index contributed by atoms with van der Waals surface area (Å²) in [7, 11) is 0. The van der Waals surface area contributed by atoms with Gasteiger partial charge in [0.15, 0.2) is 0 Å². The normalized spacial score (nSPS) is 29.6. The van der Waals surface area contributed by atoms with Gasteiger partial charge in [-0.2, -0.15) is 0 Å². The van der Waals surface area contributed by atoms with Crippen molar-refractivity contribution >= 4 is 6.03 Å². The summed E-state index contributed by atoms with van der Waals surface area (Å²) in [5.74, 6) is 0.978. The van der Waals surface area contributed by atoms with Crippen LogP contribution in [0.1, 0.15) is 36.8 Å². The van der Waals surface area contributed by atoms with Gasteiger partial charge in [0.1, 0.15) is 0 Å². The van der Waals surface area contributed by atoms with Crippen LogP contribution in [-0.4, -0.2) is 42.3 Å². The van der Waals surface area contributed by atoms with Gasteiger partial charge in [-0.3, -0.25) is 0 Å². The number of fused-ring (bicyclic) bond motifs is 2. The number of likely N-dealkylation sites (tertiary alicyclic amines) is 1. The number of benzene rings is 1. The fourth-order valence-corrected chi connectivity index (χ4v) is 4.64. The van der Waals surface area contributed by atoms with Crippen LogP contribution < -0.4 is 5.32 Å². The van der Waals surface area contributed by atoms with E-state index in [9.17, 15) is 9.90 Å². The monoisotopic (exact) mass is 314 g/mol. The molecule has 3 aliphatic rings. The molecule has 1 saturated carbocycles.